The lowest BCUT2D eigenvalue weighted by Crippen LogP contribution is -2.45. The second kappa shape index (κ2) is 7.53. The van der Waals surface area contributed by atoms with Gasteiger partial charge in [-0.1, -0.05) is 18.2 Å². The fraction of sp³-hybridized carbons (Fsp3) is 0.647. The predicted molar refractivity (Wildman–Crippen MR) is 91.0 cm³/mol. The summed E-state index contributed by atoms with van der Waals surface area (Å²) in [4.78, 5) is 8.40. The number of anilines is 1. The van der Waals surface area contributed by atoms with Gasteiger partial charge < -0.3 is 14.9 Å². The number of para-hydroxylation sites is 1. The number of benzene rings is 1. The zero-order chi connectivity index (χ0) is 16.9. The summed E-state index contributed by atoms with van der Waals surface area (Å²) >= 11 is 0. The number of rotatable bonds is 5. The van der Waals surface area contributed by atoms with Crippen LogP contribution in [0.5, 0.6) is 0 Å². The molecule has 1 saturated heterocycles. The molecule has 0 radical (unpaired) electrons. The fourth-order valence-electron chi connectivity index (χ4n) is 2.86. The Kier molecular flexibility index (Phi) is 5.69. The summed E-state index contributed by atoms with van der Waals surface area (Å²) in [6.45, 7) is 10.3. The molecule has 2 rings (SSSR count). The van der Waals surface area contributed by atoms with E-state index in [0.717, 1.165) is 25.9 Å². The van der Waals surface area contributed by atoms with Gasteiger partial charge in [0.2, 0.25) is 5.28 Å². The SMILES string of the molecule is CCN(/[N+]([O-])=N\OC1CCN(c2ccccc2)CC1)C(C)(C)C. The molecular weight excluding hydrogens is 292 g/mol. The van der Waals surface area contributed by atoms with Crippen LogP contribution in [0.4, 0.5) is 5.69 Å². The third-order valence-electron chi connectivity index (χ3n) is 4.11. The molecule has 1 aliphatic rings. The Morgan fingerprint density at radius 1 is 1.26 bits per heavy atom. The first-order valence-electron chi connectivity index (χ1n) is 8.33. The number of nitrogens with zero attached hydrogens (tertiary/aromatic N) is 4. The van der Waals surface area contributed by atoms with Crippen LogP contribution in [0.25, 0.3) is 0 Å². The normalized spacial score (nSPS) is 17.2. The van der Waals surface area contributed by atoms with Gasteiger partial charge in [0, 0.05) is 31.6 Å². The quantitative estimate of drug-likeness (QED) is 0.473. The summed E-state index contributed by atoms with van der Waals surface area (Å²) in [5, 5.41) is 17.5. The van der Waals surface area contributed by atoms with E-state index in [1.54, 1.807) is 5.01 Å². The van der Waals surface area contributed by atoms with Crippen LogP contribution < -0.4 is 4.90 Å². The van der Waals surface area contributed by atoms with Crippen LogP contribution in [0, 0.1) is 5.21 Å². The van der Waals surface area contributed by atoms with Crippen LogP contribution in [0.2, 0.25) is 0 Å². The molecular formula is C17H28N4O2. The van der Waals surface area contributed by atoms with Crippen LogP contribution in [0.3, 0.4) is 0 Å². The first-order valence-corrected chi connectivity index (χ1v) is 8.33. The number of hydrogen-bond acceptors (Lipinski definition) is 4. The van der Waals surface area contributed by atoms with E-state index in [4.69, 9.17) is 4.84 Å². The Bertz CT molecular complexity index is 505. The summed E-state index contributed by atoms with van der Waals surface area (Å²) in [6, 6.07) is 10.4. The van der Waals surface area contributed by atoms with Gasteiger partial charge in [-0.05, 0) is 39.8 Å². The average molecular weight is 320 g/mol. The van der Waals surface area contributed by atoms with Crippen LogP contribution in [-0.2, 0) is 4.84 Å². The molecule has 1 fully saturated rings. The van der Waals surface area contributed by atoms with Crippen molar-refractivity contribution in [2.45, 2.75) is 52.2 Å². The van der Waals surface area contributed by atoms with Crippen LogP contribution >= 0.6 is 0 Å². The zero-order valence-electron chi connectivity index (χ0n) is 14.6. The molecule has 128 valence electrons. The van der Waals surface area contributed by atoms with E-state index in [2.05, 4.69) is 22.3 Å². The Hall–Kier alpha value is -1.98. The minimum atomic E-state index is -0.278. The van der Waals surface area contributed by atoms with Crippen molar-refractivity contribution >= 4 is 5.69 Å². The Balaban J connectivity index is 1.85. The smallest absolute Gasteiger partial charge is 0.233 e. The third-order valence-corrected chi connectivity index (χ3v) is 4.11. The molecule has 6 heteroatoms. The molecule has 0 spiro atoms. The Morgan fingerprint density at radius 3 is 2.39 bits per heavy atom. The Morgan fingerprint density at radius 2 is 1.87 bits per heavy atom. The first-order chi connectivity index (χ1) is 10.9. The third kappa shape index (κ3) is 4.74. The molecule has 0 aliphatic carbocycles. The van der Waals surface area contributed by atoms with E-state index < -0.39 is 0 Å². The number of hydrazine groups is 1. The second-order valence-electron chi connectivity index (χ2n) is 6.85. The van der Waals surface area contributed by atoms with Gasteiger partial charge in [0.1, 0.15) is 6.10 Å². The molecule has 0 aromatic heterocycles. The van der Waals surface area contributed by atoms with Gasteiger partial charge in [-0.15, -0.1) is 5.01 Å². The monoisotopic (exact) mass is 320 g/mol. The summed E-state index contributed by atoms with van der Waals surface area (Å²) in [7, 11) is 0. The molecule has 0 atom stereocenters. The summed E-state index contributed by atoms with van der Waals surface area (Å²) in [6.07, 6.45) is 1.74. The number of piperidine rings is 1. The van der Waals surface area contributed by atoms with Gasteiger partial charge in [-0.3, -0.25) is 0 Å². The van der Waals surface area contributed by atoms with Gasteiger partial charge in [-0.25, -0.2) is 0 Å². The summed E-state index contributed by atoms with van der Waals surface area (Å²) in [5.74, 6) is 0. The van der Waals surface area contributed by atoms with Crippen LogP contribution in [0.15, 0.2) is 35.6 Å². The van der Waals surface area contributed by atoms with Gasteiger partial charge in [0.05, 0.1) is 17.1 Å². The Labute approximate surface area is 138 Å². The van der Waals surface area contributed by atoms with Gasteiger partial charge in [0.15, 0.2) is 0 Å². The van der Waals surface area contributed by atoms with Crippen molar-refractivity contribution in [2.75, 3.05) is 24.5 Å². The molecule has 1 heterocycles. The minimum absolute atomic E-state index is 0.00471. The van der Waals surface area contributed by atoms with Crippen LogP contribution in [-0.4, -0.2) is 41.3 Å². The van der Waals surface area contributed by atoms with Gasteiger partial charge in [0.25, 0.3) is 0 Å². The lowest BCUT2D eigenvalue weighted by molar-refractivity contribution is -0.725. The van der Waals surface area contributed by atoms with Crippen molar-refractivity contribution in [3.8, 4) is 0 Å². The summed E-state index contributed by atoms with van der Waals surface area (Å²) in [5.41, 5.74) is 0.957. The number of hydrogen-bond donors (Lipinski definition) is 0. The van der Waals surface area contributed by atoms with Crippen molar-refractivity contribution in [1.29, 1.82) is 0 Å². The average Bonchev–Trinajstić information content (AvgIpc) is 2.53. The van der Waals surface area contributed by atoms with E-state index in [1.165, 1.54) is 5.69 Å². The molecule has 6 nitrogen and oxygen atoms in total. The van der Waals surface area contributed by atoms with Crippen molar-refractivity contribution < 1.29 is 9.81 Å². The topological polar surface area (TPSA) is 54.1 Å². The maximum Gasteiger partial charge on any atom is 0.233 e. The van der Waals surface area contributed by atoms with E-state index in [-0.39, 0.29) is 11.6 Å². The van der Waals surface area contributed by atoms with Gasteiger partial charge >= 0.3 is 0 Å². The van der Waals surface area contributed by atoms with E-state index in [1.807, 2.05) is 45.9 Å². The molecule has 1 aromatic carbocycles. The van der Waals surface area contributed by atoms with Crippen molar-refractivity contribution in [2.24, 2.45) is 5.28 Å². The molecule has 1 aliphatic heterocycles. The van der Waals surface area contributed by atoms with Crippen molar-refractivity contribution in [1.82, 2.24) is 5.01 Å². The van der Waals surface area contributed by atoms with Crippen molar-refractivity contribution in [3.05, 3.63) is 35.5 Å². The molecule has 0 unspecified atom stereocenters. The van der Waals surface area contributed by atoms with E-state index >= 15 is 0 Å². The first kappa shape index (κ1) is 17.4. The summed E-state index contributed by atoms with van der Waals surface area (Å²) < 4.78 is 0. The fourth-order valence-corrected chi connectivity index (χ4v) is 2.86. The van der Waals surface area contributed by atoms with Crippen LogP contribution in [0.1, 0.15) is 40.5 Å². The maximum atomic E-state index is 12.1. The lowest BCUT2D eigenvalue weighted by atomic mass is 10.1. The van der Waals surface area contributed by atoms with Gasteiger partial charge in [-0.2, -0.15) is 0 Å². The molecule has 0 bridgehead atoms. The highest BCUT2D eigenvalue weighted by atomic mass is 16.7. The van der Waals surface area contributed by atoms with Crippen molar-refractivity contribution in [3.63, 3.8) is 0 Å². The molecule has 0 amide bonds. The maximum absolute atomic E-state index is 12.1. The molecule has 0 N–H and O–H groups in total. The largest absolute Gasteiger partial charge is 0.569 e. The predicted octanol–water partition coefficient (Wildman–Crippen LogP) is 3.58. The molecule has 0 saturated carbocycles. The highest BCUT2D eigenvalue weighted by Crippen LogP contribution is 2.21. The second-order valence-corrected chi connectivity index (χ2v) is 6.85. The standard InChI is InChI=1S/C17H28N4O2/c1-5-20(17(2,3)4)21(22)18-23-16-11-13-19(14-12-16)15-9-7-6-8-10-15/h6-10,16H,5,11-14H2,1-4H3/b21-18+. The zero-order valence-corrected chi connectivity index (χ0v) is 14.6. The highest BCUT2D eigenvalue weighted by molar-refractivity contribution is 5.46. The van der Waals surface area contributed by atoms with E-state index in [0.29, 0.717) is 11.5 Å². The minimum Gasteiger partial charge on any atom is -0.569 e. The van der Waals surface area contributed by atoms with E-state index in [9.17, 15) is 5.21 Å². The lowest BCUT2D eigenvalue weighted by Gasteiger charge is -2.32. The molecule has 23 heavy (non-hydrogen) atoms. The highest BCUT2D eigenvalue weighted by Gasteiger charge is 2.28. The molecule has 1 aromatic rings.